The van der Waals surface area contributed by atoms with Crippen LogP contribution < -0.4 is 10.6 Å². The lowest BCUT2D eigenvalue weighted by Gasteiger charge is -2.10. The van der Waals surface area contributed by atoms with Crippen LogP contribution in [0.2, 0.25) is 0 Å². The number of para-hydroxylation sites is 2. The van der Waals surface area contributed by atoms with Gasteiger partial charge >= 0.3 is 11.8 Å². The fourth-order valence-electron chi connectivity index (χ4n) is 2.02. The second-order valence-electron chi connectivity index (χ2n) is 4.73. The van der Waals surface area contributed by atoms with Gasteiger partial charge in [0.15, 0.2) is 0 Å². The Bertz CT molecular complexity index is 665. The van der Waals surface area contributed by atoms with Crippen LogP contribution in [-0.4, -0.2) is 11.8 Å². The molecule has 2 aromatic rings. The molecule has 0 saturated carbocycles. The first-order valence-corrected chi connectivity index (χ1v) is 6.87. The molecule has 0 unspecified atom stereocenters. The van der Waals surface area contributed by atoms with Crippen LogP contribution in [0.4, 0.5) is 11.4 Å². The number of benzene rings is 2. The largest absolute Gasteiger partial charge is 0.318 e. The van der Waals surface area contributed by atoms with Crippen molar-refractivity contribution in [2.75, 3.05) is 10.6 Å². The summed E-state index contributed by atoms with van der Waals surface area (Å²) in [5.41, 5.74) is 3.22. The molecule has 21 heavy (non-hydrogen) atoms. The molecule has 2 rings (SSSR count). The van der Waals surface area contributed by atoms with Crippen molar-refractivity contribution in [3.05, 3.63) is 59.7 Å². The zero-order chi connectivity index (χ0) is 15.2. The van der Waals surface area contributed by atoms with Crippen molar-refractivity contribution in [1.29, 1.82) is 0 Å². The van der Waals surface area contributed by atoms with Crippen LogP contribution in [0.15, 0.2) is 48.5 Å². The average molecular weight is 282 g/mol. The van der Waals surface area contributed by atoms with E-state index in [2.05, 4.69) is 10.6 Å². The summed E-state index contributed by atoms with van der Waals surface area (Å²) in [6.45, 7) is 3.87. The first-order chi connectivity index (χ1) is 10.1. The van der Waals surface area contributed by atoms with Gasteiger partial charge in [-0.25, -0.2) is 0 Å². The zero-order valence-electron chi connectivity index (χ0n) is 12.1. The van der Waals surface area contributed by atoms with E-state index in [0.717, 1.165) is 17.5 Å². The molecule has 4 heteroatoms. The predicted octanol–water partition coefficient (Wildman–Crippen LogP) is 3.13. The number of nitrogens with one attached hydrogen (secondary N) is 2. The Morgan fingerprint density at radius 1 is 0.857 bits per heavy atom. The molecule has 0 spiro atoms. The van der Waals surface area contributed by atoms with Gasteiger partial charge in [0.05, 0.1) is 0 Å². The minimum atomic E-state index is -0.671. The van der Waals surface area contributed by atoms with E-state index in [0.29, 0.717) is 11.4 Å². The molecule has 0 aliphatic rings. The van der Waals surface area contributed by atoms with E-state index in [-0.39, 0.29) is 0 Å². The van der Waals surface area contributed by atoms with E-state index in [4.69, 9.17) is 0 Å². The smallest absolute Gasteiger partial charge is 0.314 e. The topological polar surface area (TPSA) is 58.2 Å². The second kappa shape index (κ2) is 6.70. The SMILES string of the molecule is CCc1ccccc1NC(=O)C(=O)Nc1ccccc1C. The van der Waals surface area contributed by atoms with Crippen LogP contribution in [0, 0.1) is 6.92 Å². The third-order valence-corrected chi connectivity index (χ3v) is 3.25. The molecule has 0 aliphatic heterocycles. The average Bonchev–Trinajstić information content (AvgIpc) is 2.50. The number of aryl methyl sites for hydroxylation is 2. The van der Waals surface area contributed by atoms with Gasteiger partial charge in [0, 0.05) is 11.4 Å². The van der Waals surface area contributed by atoms with Gasteiger partial charge in [-0.15, -0.1) is 0 Å². The first-order valence-electron chi connectivity index (χ1n) is 6.87. The maximum Gasteiger partial charge on any atom is 0.314 e. The highest BCUT2D eigenvalue weighted by molar-refractivity contribution is 6.43. The fourth-order valence-corrected chi connectivity index (χ4v) is 2.02. The molecule has 2 aromatic carbocycles. The molecule has 0 aliphatic carbocycles. The Morgan fingerprint density at radius 2 is 1.38 bits per heavy atom. The van der Waals surface area contributed by atoms with E-state index in [9.17, 15) is 9.59 Å². The van der Waals surface area contributed by atoms with Gasteiger partial charge < -0.3 is 10.6 Å². The fraction of sp³-hybridized carbons (Fsp3) is 0.176. The molecule has 0 heterocycles. The Hall–Kier alpha value is -2.62. The normalized spacial score (nSPS) is 10.0. The van der Waals surface area contributed by atoms with E-state index in [1.807, 2.05) is 50.2 Å². The molecule has 0 atom stereocenters. The summed E-state index contributed by atoms with van der Waals surface area (Å²) < 4.78 is 0. The molecule has 0 aromatic heterocycles. The number of hydrogen-bond donors (Lipinski definition) is 2. The Balaban J connectivity index is 2.07. The predicted molar refractivity (Wildman–Crippen MR) is 84.3 cm³/mol. The number of carbonyl (C=O) groups is 2. The molecule has 4 nitrogen and oxygen atoms in total. The minimum Gasteiger partial charge on any atom is -0.318 e. The van der Waals surface area contributed by atoms with Gasteiger partial charge in [0.1, 0.15) is 0 Å². The standard InChI is InChI=1S/C17H18N2O2/c1-3-13-9-5-7-11-15(13)19-17(21)16(20)18-14-10-6-4-8-12(14)2/h4-11H,3H2,1-2H3,(H,18,20)(H,19,21). The summed E-state index contributed by atoms with van der Waals surface area (Å²) in [7, 11) is 0. The zero-order valence-corrected chi connectivity index (χ0v) is 12.1. The summed E-state index contributed by atoms with van der Waals surface area (Å²) in [4.78, 5) is 23.9. The number of hydrogen-bond acceptors (Lipinski definition) is 2. The lowest BCUT2D eigenvalue weighted by Crippen LogP contribution is -2.29. The minimum absolute atomic E-state index is 0.640. The molecular weight excluding hydrogens is 264 g/mol. The Morgan fingerprint density at radius 3 is 2.00 bits per heavy atom. The van der Waals surface area contributed by atoms with Crippen molar-refractivity contribution in [3.8, 4) is 0 Å². The number of carbonyl (C=O) groups excluding carboxylic acids is 2. The van der Waals surface area contributed by atoms with E-state index >= 15 is 0 Å². The molecule has 2 amide bonds. The third kappa shape index (κ3) is 3.69. The molecule has 108 valence electrons. The lowest BCUT2D eigenvalue weighted by atomic mass is 10.1. The van der Waals surface area contributed by atoms with Gasteiger partial charge in [-0.05, 0) is 36.6 Å². The quantitative estimate of drug-likeness (QED) is 0.850. The Kier molecular flexibility index (Phi) is 4.72. The van der Waals surface area contributed by atoms with Gasteiger partial charge in [-0.1, -0.05) is 43.3 Å². The second-order valence-corrected chi connectivity index (χ2v) is 4.73. The van der Waals surface area contributed by atoms with Crippen LogP contribution >= 0.6 is 0 Å². The van der Waals surface area contributed by atoms with E-state index < -0.39 is 11.8 Å². The lowest BCUT2D eigenvalue weighted by molar-refractivity contribution is -0.133. The van der Waals surface area contributed by atoms with Crippen molar-refractivity contribution < 1.29 is 9.59 Å². The summed E-state index contributed by atoms with van der Waals surface area (Å²) >= 11 is 0. The van der Waals surface area contributed by atoms with Crippen LogP contribution in [0.25, 0.3) is 0 Å². The molecule has 0 saturated heterocycles. The maximum absolute atomic E-state index is 12.0. The van der Waals surface area contributed by atoms with Crippen LogP contribution in [0.3, 0.4) is 0 Å². The molecule has 0 bridgehead atoms. The molecule has 0 radical (unpaired) electrons. The summed E-state index contributed by atoms with van der Waals surface area (Å²) in [5.74, 6) is -1.34. The van der Waals surface area contributed by atoms with Crippen molar-refractivity contribution in [2.45, 2.75) is 20.3 Å². The van der Waals surface area contributed by atoms with Gasteiger partial charge in [-0.3, -0.25) is 9.59 Å². The Labute approximate surface area is 124 Å². The number of amides is 2. The molecule has 0 fully saturated rings. The van der Waals surface area contributed by atoms with Crippen molar-refractivity contribution in [1.82, 2.24) is 0 Å². The number of rotatable bonds is 3. The van der Waals surface area contributed by atoms with Crippen molar-refractivity contribution >= 4 is 23.2 Å². The summed E-state index contributed by atoms with van der Waals surface area (Å²) in [5, 5.41) is 5.27. The third-order valence-electron chi connectivity index (χ3n) is 3.25. The van der Waals surface area contributed by atoms with Gasteiger partial charge in [-0.2, -0.15) is 0 Å². The highest BCUT2D eigenvalue weighted by atomic mass is 16.2. The monoisotopic (exact) mass is 282 g/mol. The maximum atomic E-state index is 12.0. The van der Waals surface area contributed by atoms with Gasteiger partial charge in [0.25, 0.3) is 0 Å². The van der Waals surface area contributed by atoms with E-state index in [1.165, 1.54) is 0 Å². The van der Waals surface area contributed by atoms with Crippen LogP contribution in [0.1, 0.15) is 18.1 Å². The molecule has 2 N–H and O–H groups in total. The van der Waals surface area contributed by atoms with E-state index in [1.54, 1.807) is 12.1 Å². The highest BCUT2D eigenvalue weighted by Crippen LogP contribution is 2.16. The first kappa shape index (κ1) is 14.8. The van der Waals surface area contributed by atoms with Crippen LogP contribution in [-0.2, 0) is 16.0 Å². The van der Waals surface area contributed by atoms with Crippen molar-refractivity contribution in [3.63, 3.8) is 0 Å². The summed E-state index contributed by atoms with van der Waals surface area (Å²) in [6, 6.07) is 14.8. The van der Waals surface area contributed by atoms with Crippen molar-refractivity contribution in [2.24, 2.45) is 0 Å². The van der Waals surface area contributed by atoms with Crippen LogP contribution in [0.5, 0.6) is 0 Å². The summed E-state index contributed by atoms with van der Waals surface area (Å²) in [6.07, 6.45) is 0.788. The van der Waals surface area contributed by atoms with Gasteiger partial charge in [0.2, 0.25) is 0 Å². The highest BCUT2D eigenvalue weighted by Gasteiger charge is 2.15. The molecular formula is C17H18N2O2. The number of anilines is 2.